The summed E-state index contributed by atoms with van der Waals surface area (Å²) >= 11 is 0. The van der Waals surface area contributed by atoms with Gasteiger partial charge in [0.1, 0.15) is 6.07 Å². The number of nitriles is 1. The zero-order valence-electron chi connectivity index (χ0n) is 9.36. The molecule has 0 saturated heterocycles. The Kier molecular flexibility index (Phi) is 2.70. The summed E-state index contributed by atoms with van der Waals surface area (Å²) in [6, 6.07) is 10.3. The monoisotopic (exact) mass is 208 g/mol. The summed E-state index contributed by atoms with van der Waals surface area (Å²) in [4.78, 5) is 4.08. The van der Waals surface area contributed by atoms with E-state index in [9.17, 15) is 0 Å². The lowest BCUT2D eigenvalue weighted by Gasteiger charge is -2.06. The molecular formula is C14H12N2. The first kappa shape index (κ1) is 10.4. The third-order valence-corrected chi connectivity index (χ3v) is 2.57. The Morgan fingerprint density at radius 2 is 1.94 bits per heavy atom. The Balaban J connectivity index is 2.58. The van der Waals surface area contributed by atoms with Gasteiger partial charge in [0, 0.05) is 18.0 Å². The summed E-state index contributed by atoms with van der Waals surface area (Å²) in [5.41, 5.74) is 5.15. The summed E-state index contributed by atoms with van der Waals surface area (Å²) < 4.78 is 0. The van der Waals surface area contributed by atoms with Gasteiger partial charge in [0.2, 0.25) is 0 Å². The van der Waals surface area contributed by atoms with Crippen LogP contribution in [0.2, 0.25) is 0 Å². The van der Waals surface area contributed by atoms with E-state index >= 15 is 0 Å². The molecule has 0 radical (unpaired) electrons. The van der Waals surface area contributed by atoms with E-state index in [1.165, 1.54) is 11.1 Å². The van der Waals surface area contributed by atoms with Gasteiger partial charge in [-0.3, -0.25) is 4.98 Å². The van der Waals surface area contributed by atoms with Crippen LogP contribution >= 0.6 is 0 Å². The molecule has 0 aliphatic rings. The predicted molar refractivity (Wildman–Crippen MR) is 63.9 cm³/mol. The van der Waals surface area contributed by atoms with Crippen molar-refractivity contribution in [3.8, 4) is 17.2 Å². The number of pyridine rings is 1. The Hall–Kier alpha value is -2.14. The van der Waals surface area contributed by atoms with Crippen LogP contribution in [0.1, 0.15) is 16.7 Å². The summed E-state index contributed by atoms with van der Waals surface area (Å²) in [5.74, 6) is 0. The van der Waals surface area contributed by atoms with E-state index in [2.05, 4.69) is 43.1 Å². The Morgan fingerprint density at radius 1 is 1.12 bits per heavy atom. The van der Waals surface area contributed by atoms with Crippen LogP contribution in [0.5, 0.6) is 0 Å². The molecule has 0 aliphatic heterocycles. The van der Waals surface area contributed by atoms with Gasteiger partial charge >= 0.3 is 0 Å². The molecule has 2 heteroatoms. The van der Waals surface area contributed by atoms with Crippen LogP contribution in [-0.2, 0) is 0 Å². The van der Waals surface area contributed by atoms with Gasteiger partial charge in [0.25, 0.3) is 0 Å². The fourth-order valence-corrected chi connectivity index (χ4v) is 1.70. The molecule has 1 aromatic heterocycles. The minimum Gasteiger partial charge on any atom is -0.263 e. The van der Waals surface area contributed by atoms with Crippen molar-refractivity contribution < 1.29 is 0 Å². The van der Waals surface area contributed by atoms with Gasteiger partial charge in [-0.25, -0.2) is 0 Å². The highest BCUT2D eigenvalue weighted by Gasteiger charge is 2.03. The molecule has 0 unspecified atom stereocenters. The molecule has 0 fully saturated rings. The van der Waals surface area contributed by atoms with Crippen molar-refractivity contribution in [2.24, 2.45) is 0 Å². The normalized spacial score (nSPS) is 9.81. The van der Waals surface area contributed by atoms with E-state index in [0.717, 1.165) is 11.1 Å². The van der Waals surface area contributed by atoms with Gasteiger partial charge in [0.05, 0.1) is 5.56 Å². The van der Waals surface area contributed by atoms with Crippen molar-refractivity contribution in [1.82, 2.24) is 4.98 Å². The molecule has 78 valence electrons. The van der Waals surface area contributed by atoms with Crippen LogP contribution in [0.25, 0.3) is 11.1 Å². The second kappa shape index (κ2) is 4.16. The lowest BCUT2D eigenvalue weighted by atomic mass is 9.99. The number of benzene rings is 1. The number of rotatable bonds is 1. The Morgan fingerprint density at radius 3 is 2.69 bits per heavy atom. The van der Waals surface area contributed by atoms with Gasteiger partial charge in [-0.2, -0.15) is 5.26 Å². The molecule has 1 aromatic carbocycles. The molecule has 2 rings (SSSR count). The Labute approximate surface area is 95.2 Å². The first-order valence-corrected chi connectivity index (χ1v) is 5.13. The molecule has 0 N–H and O–H groups in total. The first-order chi connectivity index (χ1) is 7.70. The zero-order valence-corrected chi connectivity index (χ0v) is 9.36. The minimum atomic E-state index is 0.596. The highest BCUT2D eigenvalue weighted by molar-refractivity contribution is 5.68. The smallest absolute Gasteiger partial charge is 0.101 e. The SMILES string of the molecule is Cc1ccc(C)c(-c2cncc(C#N)c2)c1. The molecule has 0 saturated carbocycles. The number of hydrogen-bond donors (Lipinski definition) is 0. The molecule has 0 aliphatic carbocycles. The zero-order chi connectivity index (χ0) is 11.5. The molecule has 2 nitrogen and oxygen atoms in total. The largest absolute Gasteiger partial charge is 0.263 e. The fourth-order valence-electron chi connectivity index (χ4n) is 1.70. The lowest BCUT2D eigenvalue weighted by Crippen LogP contribution is -1.87. The topological polar surface area (TPSA) is 36.7 Å². The van der Waals surface area contributed by atoms with Crippen molar-refractivity contribution in [1.29, 1.82) is 5.26 Å². The van der Waals surface area contributed by atoms with Crippen molar-refractivity contribution in [3.05, 3.63) is 53.3 Å². The molecule has 0 amide bonds. The molecule has 0 spiro atoms. The van der Waals surface area contributed by atoms with Crippen LogP contribution in [-0.4, -0.2) is 4.98 Å². The van der Waals surface area contributed by atoms with E-state index in [4.69, 9.17) is 5.26 Å². The van der Waals surface area contributed by atoms with Crippen molar-refractivity contribution in [2.75, 3.05) is 0 Å². The van der Waals surface area contributed by atoms with Crippen molar-refractivity contribution in [3.63, 3.8) is 0 Å². The van der Waals surface area contributed by atoms with Crippen LogP contribution in [0.3, 0.4) is 0 Å². The molecule has 16 heavy (non-hydrogen) atoms. The van der Waals surface area contributed by atoms with Gasteiger partial charge in [-0.1, -0.05) is 23.8 Å². The van der Waals surface area contributed by atoms with Gasteiger partial charge in [0.15, 0.2) is 0 Å². The van der Waals surface area contributed by atoms with E-state index in [1.54, 1.807) is 12.4 Å². The van der Waals surface area contributed by atoms with Crippen LogP contribution in [0, 0.1) is 25.2 Å². The minimum absolute atomic E-state index is 0.596. The highest BCUT2D eigenvalue weighted by atomic mass is 14.6. The van der Waals surface area contributed by atoms with Gasteiger partial charge in [-0.15, -0.1) is 0 Å². The van der Waals surface area contributed by atoms with Gasteiger partial charge < -0.3 is 0 Å². The average molecular weight is 208 g/mol. The number of aromatic nitrogens is 1. The first-order valence-electron chi connectivity index (χ1n) is 5.13. The maximum absolute atomic E-state index is 8.84. The quantitative estimate of drug-likeness (QED) is 0.721. The second-order valence-electron chi connectivity index (χ2n) is 3.89. The second-order valence-corrected chi connectivity index (χ2v) is 3.89. The van der Waals surface area contributed by atoms with Crippen molar-refractivity contribution >= 4 is 0 Å². The van der Waals surface area contributed by atoms with Crippen molar-refractivity contribution in [2.45, 2.75) is 13.8 Å². The third-order valence-electron chi connectivity index (χ3n) is 2.57. The van der Waals surface area contributed by atoms with Gasteiger partial charge in [-0.05, 0) is 31.0 Å². The summed E-state index contributed by atoms with van der Waals surface area (Å²) in [7, 11) is 0. The Bertz CT molecular complexity index is 565. The maximum Gasteiger partial charge on any atom is 0.101 e. The number of aryl methyl sites for hydroxylation is 2. The molecule has 1 heterocycles. The van der Waals surface area contributed by atoms with E-state index < -0.39 is 0 Å². The summed E-state index contributed by atoms with van der Waals surface area (Å²) in [5, 5.41) is 8.84. The van der Waals surface area contributed by atoms with Crippen LogP contribution in [0.15, 0.2) is 36.7 Å². The third kappa shape index (κ3) is 1.94. The molecule has 0 bridgehead atoms. The predicted octanol–water partition coefficient (Wildman–Crippen LogP) is 3.24. The fraction of sp³-hybridized carbons (Fsp3) is 0.143. The highest BCUT2D eigenvalue weighted by Crippen LogP contribution is 2.24. The van der Waals surface area contributed by atoms with E-state index in [-0.39, 0.29) is 0 Å². The summed E-state index contributed by atoms with van der Waals surface area (Å²) in [6.07, 6.45) is 3.37. The van der Waals surface area contributed by atoms with Crippen LogP contribution < -0.4 is 0 Å². The molecular weight excluding hydrogens is 196 g/mol. The molecule has 2 aromatic rings. The average Bonchev–Trinajstić information content (AvgIpc) is 2.32. The van der Waals surface area contributed by atoms with E-state index in [0.29, 0.717) is 5.56 Å². The molecule has 0 atom stereocenters. The van der Waals surface area contributed by atoms with Crippen LogP contribution in [0.4, 0.5) is 0 Å². The number of hydrogen-bond acceptors (Lipinski definition) is 2. The lowest BCUT2D eigenvalue weighted by molar-refractivity contribution is 1.29. The maximum atomic E-state index is 8.84. The van der Waals surface area contributed by atoms with E-state index in [1.807, 2.05) is 6.07 Å². The summed E-state index contributed by atoms with van der Waals surface area (Å²) in [6.45, 7) is 4.12. The standard InChI is InChI=1S/C14H12N2/c1-10-3-4-11(2)14(5-10)13-6-12(7-15)8-16-9-13/h3-6,8-9H,1-2H3. The number of nitrogens with zero attached hydrogens (tertiary/aromatic N) is 2.